The van der Waals surface area contributed by atoms with Crippen LogP contribution in [0.1, 0.15) is 0 Å². The number of rotatable bonds is 5. The lowest BCUT2D eigenvalue weighted by Gasteiger charge is -2.29. The van der Waals surface area contributed by atoms with Crippen LogP contribution < -0.4 is 25.4 Å². The second kappa shape index (κ2) is 8.59. The summed E-state index contributed by atoms with van der Waals surface area (Å²) >= 11 is 0. The van der Waals surface area contributed by atoms with Gasteiger partial charge in [0.05, 0.1) is 14.2 Å². The Kier molecular flexibility index (Phi) is 5.72. The van der Waals surface area contributed by atoms with Crippen molar-refractivity contribution in [2.24, 2.45) is 0 Å². The molecule has 0 saturated carbocycles. The molecule has 3 aromatic rings. The Bertz CT molecular complexity index is 1030. The number of anilines is 2. The average Bonchev–Trinajstić information content (AvgIpc) is 2.79. The highest BCUT2D eigenvalue weighted by Crippen LogP contribution is 2.38. The number of benzene rings is 2. The van der Waals surface area contributed by atoms with Crippen LogP contribution in [0.15, 0.2) is 48.7 Å². The molecule has 0 unspecified atom stereocenters. The van der Waals surface area contributed by atoms with Gasteiger partial charge in [-0.25, -0.2) is 9.37 Å². The first-order valence-corrected chi connectivity index (χ1v) is 9.84. The first kappa shape index (κ1) is 20.0. The molecule has 0 aliphatic carbocycles. The number of hydrogen-bond acceptors (Lipinski definition) is 6. The third kappa shape index (κ3) is 3.89. The highest BCUT2D eigenvalue weighted by molar-refractivity contribution is 5.81. The predicted molar refractivity (Wildman–Crippen MR) is 118 cm³/mol. The molecule has 7 heteroatoms. The molecule has 0 spiro atoms. The minimum absolute atomic E-state index is 0.0624. The van der Waals surface area contributed by atoms with Crippen LogP contribution in [0.2, 0.25) is 0 Å². The second-order valence-corrected chi connectivity index (χ2v) is 7.13. The number of hydrogen-bond donors (Lipinski definition) is 2. The lowest BCUT2D eigenvalue weighted by Crippen LogP contribution is -2.43. The van der Waals surface area contributed by atoms with Crippen LogP contribution in [-0.4, -0.2) is 45.4 Å². The number of ether oxygens (including phenoxy) is 2. The van der Waals surface area contributed by atoms with Crippen LogP contribution in [0.25, 0.3) is 22.3 Å². The van der Waals surface area contributed by atoms with Crippen LogP contribution in [-0.2, 0) is 0 Å². The van der Waals surface area contributed by atoms with E-state index in [9.17, 15) is 4.39 Å². The summed E-state index contributed by atoms with van der Waals surface area (Å²) in [6, 6.07) is 13.4. The Morgan fingerprint density at radius 2 is 1.70 bits per heavy atom. The minimum atomic E-state index is -0.517. The van der Waals surface area contributed by atoms with Gasteiger partial charge in [0.25, 0.3) is 0 Å². The van der Waals surface area contributed by atoms with Crippen LogP contribution in [0.5, 0.6) is 11.5 Å². The maximum absolute atomic E-state index is 14.5. The molecule has 0 amide bonds. The molecule has 0 atom stereocenters. The summed E-state index contributed by atoms with van der Waals surface area (Å²) in [5.74, 6) is 0.171. The van der Waals surface area contributed by atoms with Gasteiger partial charge in [0.15, 0.2) is 17.3 Å². The number of piperazine rings is 1. The maximum atomic E-state index is 14.5. The molecule has 30 heavy (non-hydrogen) atoms. The largest absolute Gasteiger partial charge is 0.493 e. The molecule has 3 N–H and O–H groups in total. The van der Waals surface area contributed by atoms with Gasteiger partial charge in [0.1, 0.15) is 5.82 Å². The van der Waals surface area contributed by atoms with Gasteiger partial charge in [-0.3, -0.25) is 0 Å². The number of nitrogen functional groups attached to an aromatic ring is 1. The highest BCUT2D eigenvalue weighted by Gasteiger charge is 2.16. The first-order chi connectivity index (χ1) is 14.6. The predicted octanol–water partition coefficient (Wildman–Crippen LogP) is 3.56. The van der Waals surface area contributed by atoms with Gasteiger partial charge in [-0.05, 0) is 41.5 Å². The van der Waals surface area contributed by atoms with E-state index in [-0.39, 0.29) is 5.75 Å². The number of aromatic nitrogens is 1. The van der Waals surface area contributed by atoms with E-state index < -0.39 is 5.82 Å². The third-order valence-electron chi connectivity index (χ3n) is 5.35. The van der Waals surface area contributed by atoms with E-state index in [0.717, 1.165) is 37.3 Å². The fraction of sp³-hybridized carbons (Fsp3) is 0.261. The minimum Gasteiger partial charge on any atom is -0.493 e. The smallest absolute Gasteiger partial charge is 0.196 e. The Morgan fingerprint density at radius 1 is 0.967 bits per heavy atom. The SMILES string of the molecule is COc1cc(-c2cc(-c3ccc(N4CCNCC4)cc3)cnc2N)cc(F)c1OC. The lowest BCUT2D eigenvalue weighted by atomic mass is 10.00. The van der Waals surface area contributed by atoms with Crippen molar-refractivity contribution in [3.05, 3.63) is 54.5 Å². The molecule has 1 aromatic heterocycles. The van der Waals surface area contributed by atoms with Crippen molar-refractivity contribution in [1.82, 2.24) is 10.3 Å². The summed E-state index contributed by atoms with van der Waals surface area (Å²) in [6.07, 6.45) is 1.73. The molecule has 2 heterocycles. The summed E-state index contributed by atoms with van der Waals surface area (Å²) in [5.41, 5.74) is 10.5. The van der Waals surface area contributed by atoms with Crippen LogP contribution in [0, 0.1) is 5.82 Å². The van der Waals surface area contributed by atoms with Crippen molar-refractivity contribution in [1.29, 1.82) is 0 Å². The van der Waals surface area contributed by atoms with E-state index in [1.54, 1.807) is 12.3 Å². The second-order valence-electron chi connectivity index (χ2n) is 7.13. The van der Waals surface area contributed by atoms with Gasteiger partial charge < -0.3 is 25.4 Å². The van der Waals surface area contributed by atoms with Crippen LogP contribution in [0.4, 0.5) is 15.9 Å². The van der Waals surface area contributed by atoms with Gasteiger partial charge in [-0.1, -0.05) is 12.1 Å². The van der Waals surface area contributed by atoms with Crippen LogP contribution >= 0.6 is 0 Å². The average molecular weight is 408 g/mol. The molecule has 1 saturated heterocycles. The summed E-state index contributed by atoms with van der Waals surface area (Å²) in [5, 5.41) is 3.36. The Hall–Kier alpha value is -3.32. The van der Waals surface area contributed by atoms with Crippen molar-refractivity contribution in [2.75, 3.05) is 51.0 Å². The van der Waals surface area contributed by atoms with Gasteiger partial charge in [0, 0.05) is 49.2 Å². The number of nitrogens with two attached hydrogens (primary N) is 1. The van der Waals surface area contributed by atoms with Gasteiger partial charge in [-0.2, -0.15) is 0 Å². The normalized spacial score (nSPS) is 13.9. The van der Waals surface area contributed by atoms with E-state index in [1.807, 2.05) is 6.07 Å². The number of methoxy groups -OCH3 is 2. The fourth-order valence-electron chi connectivity index (χ4n) is 3.73. The van der Waals surface area contributed by atoms with E-state index in [2.05, 4.69) is 39.5 Å². The third-order valence-corrected chi connectivity index (χ3v) is 5.35. The zero-order valence-corrected chi connectivity index (χ0v) is 17.1. The molecule has 1 fully saturated rings. The molecule has 2 aromatic carbocycles. The molecule has 4 rings (SSSR count). The van der Waals surface area contributed by atoms with Crippen LogP contribution in [0.3, 0.4) is 0 Å². The number of nitrogens with zero attached hydrogens (tertiary/aromatic N) is 2. The maximum Gasteiger partial charge on any atom is 0.196 e. The lowest BCUT2D eigenvalue weighted by molar-refractivity contribution is 0.338. The van der Waals surface area contributed by atoms with Crippen molar-refractivity contribution < 1.29 is 13.9 Å². The fourth-order valence-corrected chi connectivity index (χ4v) is 3.73. The van der Waals surface area contributed by atoms with Gasteiger partial charge >= 0.3 is 0 Å². The zero-order chi connectivity index (χ0) is 21.1. The van der Waals surface area contributed by atoms with E-state index in [0.29, 0.717) is 22.7 Å². The van der Waals surface area contributed by atoms with Gasteiger partial charge in [0.2, 0.25) is 0 Å². The molecular weight excluding hydrogens is 383 g/mol. The number of pyridine rings is 1. The molecule has 6 nitrogen and oxygen atoms in total. The summed E-state index contributed by atoms with van der Waals surface area (Å²) < 4.78 is 24.8. The molecule has 1 aliphatic rings. The Morgan fingerprint density at radius 3 is 2.37 bits per heavy atom. The van der Waals surface area contributed by atoms with E-state index in [4.69, 9.17) is 15.2 Å². The van der Waals surface area contributed by atoms with Crippen molar-refractivity contribution in [3.8, 4) is 33.8 Å². The van der Waals surface area contributed by atoms with E-state index >= 15 is 0 Å². The summed E-state index contributed by atoms with van der Waals surface area (Å²) in [6.45, 7) is 3.99. The zero-order valence-electron chi connectivity index (χ0n) is 17.1. The summed E-state index contributed by atoms with van der Waals surface area (Å²) in [7, 11) is 2.88. The van der Waals surface area contributed by atoms with Crippen molar-refractivity contribution >= 4 is 11.5 Å². The molecule has 156 valence electrons. The van der Waals surface area contributed by atoms with Crippen molar-refractivity contribution in [3.63, 3.8) is 0 Å². The summed E-state index contributed by atoms with van der Waals surface area (Å²) in [4.78, 5) is 6.70. The number of nitrogens with one attached hydrogen (secondary N) is 1. The molecular formula is C23H25FN4O2. The van der Waals surface area contributed by atoms with Gasteiger partial charge in [-0.15, -0.1) is 0 Å². The molecule has 1 aliphatic heterocycles. The molecule has 0 radical (unpaired) electrons. The molecule has 0 bridgehead atoms. The van der Waals surface area contributed by atoms with E-state index in [1.165, 1.54) is 26.0 Å². The topological polar surface area (TPSA) is 72.6 Å². The first-order valence-electron chi connectivity index (χ1n) is 9.84. The number of halogens is 1. The monoisotopic (exact) mass is 408 g/mol. The Labute approximate surface area is 175 Å². The van der Waals surface area contributed by atoms with Crippen molar-refractivity contribution in [2.45, 2.75) is 0 Å². The Balaban J connectivity index is 1.68. The standard InChI is InChI=1S/C23H25FN4O2/c1-29-21-13-16(12-20(24)22(21)30-2)19-11-17(14-27-23(19)25)15-3-5-18(6-4-15)28-9-7-26-8-10-28/h3-6,11-14,26H,7-10H2,1-2H3,(H2,25,27). The quantitative estimate of drug-likeness (QED) is 0.673. The highest BCUT2D eigenvalue weighted by atomic mass is 19.1.